The van der Waals surface area contributed by atoms with Gasteiger partial charge in [-0.25, -0.2) is 0 Å². The molecular weight excluding hydrogens is 318 g/mol. The molecule has 2 aromatic rings. The van der Waals surface area contributed by atoms with Crippen LogP contribution in [0.1, 0.15) is 12.8 Å². The summed E-state index contributed by atoms with van der Waals surface area (Å²) in [6, 6.07) is 14.2. The van der Waals surface area contributed by atoms with E-state index in [1.165, 1.54) is 5.69 Å². The lowest BCUT2D eigenvalue weighted by atomic mass is 10.1. The van der Waals surface area contributed by atoms with Gasteiger partial charge in [-0.2, -0.15) is 0 Å². The molecule has 0 spiro atoms. The van der Waals surface area contributed by atoms with E-state index in [1.807, 2.05) is 18.2 Å². The van der Waals surface area contributed by atoms with E-state index in [1.54, 1.807) is 21.3 Å². The van der Waals surface area contributed by atoms with E-state index in [9.17, 15) is 0 Å². The first-order valence-electron chi connectivity index (χ1n) is 8.51. The van der Waals surface area contributed by atoms with Crippen LogP contribution in [0.5, 0.6) is 23.0 Å². The maximum atomic E-state index is 6.18. The summed E-state index contributed by atoms with van der Waals surface area (Å²) in [5.41, 5.74) is 1.27. The van der Waals surface area contributed by atoms with Crippen LogP contribution < -0.4 is 23.8 Å². The molecule has 0 atom stereocenters. The molecule has 1 aliphatic rings. The van der Waals surface area contributed by atoms with Gasteiger partial charge in [0.2, 0.25) is 5.75 Å². The highest BCUT2D eigenvalue weighted by atomic mass is 16.5. The Balaban J connectivity index is 1.66. The van der Waals surface area contributed by atoms with E-state index >= 15 is 0 Å². The number of para-hydroxylation sites is 1. The van der Waals surface area contributed by atoms with E-state index in [-0.39, 0.29) is 6.10 Å². The second-order valence-electron chi connectivity index (χ2n) is 6.00. The Kier molecular flexibility index (Phi) is 5.53. The van der Waals surface area contributed by atoms with Gasteiger partial charge in [0.05, 0.1) is 21.3 Å². The minimum Gasteiger partial charge on any atom is -0.493 e. The highest BCUT2D eigenvalue weighted by molar-refractivity contribution is 5.56. The normalized spacial score (nSPS) is 14.9. The molecule has 0 radical (unpaired) electrons. The van der Waals surface area contributed by atoms with Crippen LogP contribution in [0.4, 0.5) is 5.69 Å². The maximum absolute atomic E-state index is 6.18. The Bertz CT molecular complexity index is 656. The summed E-state index contributed by atoms with van der Waals surface area (Å²) in [7, 11) is 4.82. The lowest BCUT2D eigenvalue weighted by Crippen LogP contribution is -2.38. The Labute approximate surface area is 149 Å². The molecule has 1 heterocycles. The van der Waals surface area contributed by atoms with Crippen LogP contribution in [0.15, 0.2) is 42.5 Å². The number of nitrogens with zero attached hydrogens (tertiary/aromatic N) is 1. The van der Waals surface area contributed by atoms with Crippen LogP contribution in [0.25, 0.3) is 0 Å². The molecule has 1 fully saturated rings. The van der Waals surface area contributed by atoms with Gasteiger partial charge in [-0.3, -0.25) is 0 Å². The second-order valence-corrected chi connectivity index (χ2v) is 6.00. The molecule has 0 saturated carbocycles. The fourth-order valence-corrected chi connectivity index (χ4v) is 3.19. The number of ether oxygens (including phenoxy) is 4. The van der Waals surface area contributed by atoms with Crippen molar-refractivity contribution in [3.8, 4) is 23.0 Å². The molecule has 134 valence electrons. The van der Waals surface area contributed by atoms with Crippen LogP contribution in [0.3, 0.4) is 0 Å². The zero-order chi connectivity index (χ0) is 17.6. The van der Waals surface area contributed by atoms with Crippen LogP contribution in [0.2, 0.25) is 0 Å². The zero-order valence-electron chi connectivity index (χ0n) is 15.0. The Morgan fingerprint density at radius 1 is 0.840 bits per heavy atom. The van der Waals surface area contributed by atoms with Gasteiger partial charge in [-0.15, -0.1) is 0 Å². The molecule has 0 unspecified atom stereocenters. The van der Waals surface area contributed by atoms with Crippen LogP contribution in [0, 0.1) is 0 Å². The predicted molar refractivity (Wildman–Crippen MR) is 98.4 cm³/mol. The number of hydrogen-bond donors (Lipinski definition) is 0. The Morgan fingerprint density at radius 3 is 1.96 bits per heavy atom. The maximum Gasteiger partial charge on any atom is 0.203 e. The van der Waals surface area contributed by atoms with Crippen molar-refractivity contribution in [2.75, 3.05) is 39.3 Å². The van der Waals surface area contributed by atoms with Crippen molar-refractivity contribution >= 4 is 5.69 Å². The Hall–Kier alpha value is -2.56. The standard InChI is InChI=1S/C20H25NO4/c1-22-18-13-17(14-19(23-2)20(18)24-3)25-16-9-11-21(12-10-16)15-7-5-4-6-8-15/h4-8,13-14,16H,9-12H2,1-3H3. The van der Waals surface area contributed by atoms with Gasteiger partial charge < -0.3 is 23.8 Å². The van der Waals surface area contributed by atoms with E-state index in [2.05, 4.69) is 29.2 Å². The minimum absolute atomic E-state index is 0.183. The van der Waals surface area contributed by atoms with Crippen molar-refractivity contribution in [2.45, 2.75) is 18.9 Å². The molecule has 0 aliphatic carbocycles. The smallest absolute Gasteiger partial charge is 0.203 e. The number of methoxy groups -OCH3 is 3. The summed E-state index contributed by atoms with van der Waals surface area (Å²) >= 11 is 0. The van der Waals surface area contributed by atoms with Crippen molar-refractivity contribution in [3.05, 3.63) is 42.5 Å². The monoisotopic (exact) mass is 343 g/mol. The second kappa shape index (κ2) is 8.01. The SMILES string of the molecule is COc1cc(OC2CCN(c3ccccc3)CC2)cc(OC)c1OC. The first kappa shape index (κ1) is 17.3. The van der Waals surface area contributed by atoms with Crippen molar-refractivity contribution in [2.24, 2.45) is 0 Å². The number of benzene rings is 2. The summed E-state index contributed by atoms with van der Waals surface area (Å²) in [6.07, 6.45) is 2.14. The zero-order valence-corrected chi connectivity index (χ0v) is 15.0. The van der Waals surface area contributed by atoms with Crippen LogP contribution in [-0.4, -0.2) is 40.5 Å². The van der Waals surface area contributed by atoms with E-state index < -0.39 is 0 Å². The molecule has 0 bridgehead atoms. The first-order chi connectivity index (χ1) is 12.2. The summed E-state index contributed by atoms with van der Waals surface area (Å²) in [5, 5.41) is 0. The third-order valence-corrected chi connectivity index (χ3v) is 4.50. The number of anilines is 1. The first-order valence-corrected chi connectivity index (χ1v) is 8.51. The largest absolute Gasteiger partial charge is 0.493 e. The molecule has 1 saturated heterocycles. The predicted octanol–water partition coefficient (Wildman–Crippen LogP) is 3.76. The van der Waals surface area contributed by atoms with Gasteiger partial charge in [0.15, 0.2) is 11.5 Å². The van der Waals surface area contributed by atoms with Gasteiger partial charge >= 0.3 is 0 Å². The molecule has 1 aliphatic heterocycles. The Morgan fingerprint density at radius 2 is 1.44 bits per heavy atom. The van der Waals surface area contributed by atoms with Crippen molar-refractivity contribution < 1.29 is 18.9 Å². The summed E-state index contributed by atoms with van der Waals surface area (Å²) in [6.45, 7) is 1.97. The molecule has 5 nitrogen and oxygen atoms in total. The van der Waals surface area contributed by atoms with Gasteiger partial charge in [-0.05, 0) is 12.1 Å². The van der Waals surface area contributed by atoms with Crippen molar-refractivity contribution in [1.29, 1.82) is 0 Å². The van der Waals surface area contributed by atoms with E-state index in [4.69, 9.17) is 18.9 Å². The number of hydrogen-bond acceptors (Lipinski definition) is 5. The molecule has 2 aromatic carbocycles. The summed E-state index contributed by atoms with van der Waals surface area (Å²) < 4.78 is 22.3. The molecule has 25 heavy (non-hydrogen) atoms. The van der Waals surface area contributed by atoms with E-state index in [0.717, 1.165) is 31.7 Å². The lowest BCUT2D eigenvalue weighted by molar-refractivity contribution is 0.169. The fourth-order valence-electron chi connectivity index (χ4n) is 3.19. The average Bonchev–Trinajstić information content (AvgIpc) is 2.68. The van der Waals surface area contributed by atoms with Crippen LogP contribution in [-0.2, 0) is 0 Å². The molecule has 5 heteroatoms. The third kappa shape index (κ3) is 3.92. The van der Waals surface area contributed by atoms with Crippen LogP contribution >= 0.6 is 0 Å². The average molecular weight is 343 g/mol. The van der Waals surface area contributed by atoms with Gasteiger partial charge in [-0.1, -0.05) is 18.2 Å². The topological polar surface area (TPSA) is 40.2 Å². The number of rotatable bonds is 6. The minimum atomic E-state index is 0.183. The molecular formula is C20H25NO4. The van der Waals surface area contributed by atoms with Gasteiger partial charge in [0.25, 0.3) is 0 Å². The quantitative estimate of drug-likeness (QED) is 0.799. The molecule has 0 N–H and O–H groups in total. The summed E-state index contributed by atoms with van der Waals surface area (Å²) in [4.78, 5) is 2.40. The molecule has 0 amide bonds. The molecule has 0 aromatic heterocycles. The van der Waals surface area contributed by atoms with Crippen molar-refractivity contribution in [3.63, 3.8) is 0 Å². The summed E-state index contributed by atoms with van der Waals surface area (Å²) in [5.74, 6) is 2.54. The molecule has 3 rings (SSSR count). The number of piperidine rings is 1. The fraction of sp³-hybridized carbons (Fsp3) is 0.400. The van der Waals surface area contributed by atoms with Gasteiger partial charge in [0.1, 0.15) is 11.9 Å². The highest BCUT2D eigenvalue weighted by Crippen LogP contribution is 2.41. The van der Waals surface area contributed by atoms with E-state index in [0.29, 0.717) is 17.2 Å². The van der Waals surface area contributed by atoms with Crippen molar-refractivity contribution in [1.82, 2.24) is 0 Å². The third-order valence-electron chi connectivity index (χ3n) is 4.50. The lowest BCUT2D eigenvalue weighted by Gasteiger charge is -2.33. The van der Waals surface area contributed by atoms with Gasteiger partial charge in [0, 0.05) is 43.8 Å². The highest BCUT2D eigenvalue weighted by Gasteiger charge is 2.22.